The Bertz CT molecular complexity index is 755. The number of rotatable bonds is 5. The number of hydrogen-bond acceptors (Lipinski definition) is 4. The molecule has 0 aliphatic heterocycles. The number of halogens is 1. The molecule has 0 amide bonds. The lowest BCUT2D eigenvalue weighted by molar-refractivity contribution is 0.603. The molecule has 2 aromatic heterocycles. The summed E-state index contributed by atoms with van der Waals surface area (Å²) in [5.41, 5.74) is 3.22. The van der Waals surface area contributed by atoms with E-state index in [9.17, 15) is 4.39 Å². The smallest absolute Gasteiger partial charge is 0.149 e. The number of pyridine rings is 1. The summed E-state index contributed by atoms with van der Waals surface area (Å²) in [6, 6.07) is 11.0. The monoisotopic (exact) mass is 297 g/mol. The van der Waals surface area contributed by atoms with Crippen LogP contribution in [-0.4, -0.2) is 19.7 Å². The normalized spacial score (nSPS) is 10.8. The molecule has 1 aromatic carbocycles. The van der Waals surface area contributed by atoms with E-state index < -0.39 is 0 Å². The van der Waals surface area contributed by atoms with E-state index in [4.69, 9.17) is 0 Å². The number of nitrogens with one attached hydrogen (secondary N) is 1. The first-order chi connectivity index (χ1) is 10.7. The quantitative estimate of drug-likeness (QED) is 0.785. The van der Waals surface area contributed by atoms with Crippen molar-refractivity contribution in [1.82, 2.24) is 25.1 Å². The SMILES string of the molecule is Cc1cccc(CNCc2ccc(-n3cncn3)c(F)c2)n1. The molecule has 0 spiro atoms. The topological polar surface area (TPSA) is 55.6 Å². The number of aromatic nitrogens is 4. The van der Waals surface area contributed by atoms with Crippen LogP contribution in [0.25, 0.3) is 5.69 Å². The van der Waals surface area contributed by atoms with Crippen molar-refractivity contribution in [2.45, 2.75) is 20.0 Å². The summed E-state index contributed by atoms with van der Waals surface area (Å²) in [4.78, 5) is 8.23. The Morgan fingerprint density at radius 2 is 2.09 bits per heavy atom. The van der Waals surface area contributed by atoms with Crippen LogP contribution in [0.4, 0.5) is 4.39 Å². The predicted molar refractivity (Wildman–Crippen MR) is 80.8 cm³/mol. The summed E-state index contributed by atoms with van der Waals surface area (Å²) < 4.78 is 15.5. The minimum absolute atomic E-state index is 0.321. The Kier molecular flexibility index (Phi) is 4.20. The molecule has 112 valence electrons. The Morgan fingerprint density at radius 3 is 2.82 bits per heavy atom. The third-order valence-electron chi connectivity index (χ3n) is 3.26. The van der Waals surface area contributed by atoms with Crippen molar-refractivity contribution in [3.63, 3.8) is 0 Å². The summed E-state index contributed by atoms with van der Waals surface area (Å²) in [7, 11) is 0. The van der Waals surface area contributed by atoms with Crippen molar-refractivity contribution in [1.29, 1.82) is 0 Å². The van der Waals surface area contributed by atoms with Crippen LogP contribution in [0, 0.1) is 12.7 Å². The zero-order valence-corrected chi connectivity index (χ0v) is 12.2. The van der Waals surface area contributed by atoms with E-state index in [1.165, 1.54) is 23.4 Å². The summed E-state index contributed by atoms with van der Waals surface area (Å²) in [6.07, 6.45) is 2.85. The van der Waals surface area contributed by atoms with Crippen LogP contribution < -0.4 is 5.32 Å². The van der Waals surface area contributed by atoms with Gasteiger partial charge in [-0.3, -0.25) is 4.98 Å². The molecule has 0 radical (unpaired) electrons. The van der Waals surface area contributed by atoms with E-state index in [0.717, 1.165) is 17.0 Å². The van der Waals surface area contributed by atoms with Crippen LogP contribution in [0.5, 0.6) is 0 Å². The zero-order chi connectivity index (χ0) is 15.4. The third-order valence-corrected chi connectivity index (χ3v) is 3.26. The second-order valence-electron chi connectivity index (χ2n) is 5.00. The van der Waals surface area contributed by atoms with Gasteiger partial charge in [-0.1, -0.05) is 12.1 Å². The average molecular weight is 297 g/mol. The van der Waals surface area contributed by atoms with Crippen LogP contribution in [0.15, 0.2) is 49.1 Å². The van der Waals surface area contributed by atoms with E-state index in [1.807, 2.05) is 31.2 Å². The first-order valence-electron chi connectivity index (χ1n) is 6.99. The Hall–Kier alpha value is -2.60. The van der Waals surface area contributed by atoms with Crippen LogP contribution >= 0.6 is 0 Å². The van der Waals surface area contributed by atoms with Crippen molar-refractivity contribution in [3.8, 4) is 5.69 Å². The fraction of sp³-hybridized carbons (Fsp3) is 0.188. The summed E-state index contributed by atoms with van der Waals surface area (Å²) in [5, 5.41) is 7.19. The van der Waals surface area contributed by atoms with Gasteiger partial charge >= 0.3 is 0 Å². The van der Waals surface area contributed by atoms with Crippen molar-refractivity contribution >= 4 is 0 Å². The largest absolute Gasteiger partial charge is 0.307 e. The molecule has 2 heterocycles. The van der Waals surface area contributed by atoms with Gasteiger partial charge in [-0.25, -0.2) is 14.1 Å². The van der Waals surface area contributed by atoms with Crippen molar-refractivity contribution in [2.75, 3.05) is 0 Å². The highest BCUT2D eigenvalue weighted by atomic mass is 19.1. The fourth-order valence-electron chi connectivity index (χ4n) is 2.21. The summed E-state index contributed by atoms with van der Waals surface area (Å²) >= 11 is 0. The molecule has 0 aliphatic carbocycles. The Morgan fingerprint density at radius 1 is 1.18 bits per heavy atom. The van der Waals surface area contributed by atoms with E-state index in [1.54, 1.807) is 6.07 Å². The van der Waals surface area contributed by atoms with Gasteiger partial charge in [0.05, 0.1) is 5.69 Å². The van der Waals surface area contributed by atoms with Gasteiger partial charge in [-0.05, 0) is 36.8 Å². The molecular formula is C16H16FN5. The Balaban J connectivity index is 1.63. The van der Waals surface area contributed by atoms with E-state index in [2.05, 4.69) is 20.4 Å². The highest BCUT2D eigenvalue weighted by Crippen LogP contribution is 2.14. The molecule has 22 heavy (non-hydrogen) atoms. The van der Waals surface area contributed by atoms with Gasteiger partial charge in [0, 0.05) is 18.8 Å². The van der Waals surface area contributed by atoms with Gasteiger partial charge < -0.3 is 5.32 Å². The number of benzene rings is 1. The van der Waals surface area contributed by atoms with E-state index in [0.29, 0.717) is 18.8 Å². The molecule has 1 N–H and O–H groups in total. The lowest BCUT2D eigenvalue weighted by Crippen LogP contribution is -2.14. The van der Waals surface area contributed by atoms with Crippen LogP contribution in [0.2, 0.25) is 0 Å². The molecule has 3 rings (SSSR count). The summed E-state index contributed by atoms with van der Waals surface area (Å²) in [5.74, 6) is -0.321. The van der Waals surface area contributed by atoms with Gasteiger partial charge in [-0.15, -0.1) is 0 Å². The molecule has 0 aliphatic rings. The summed E-state index contributed by atoms with van der Waals surface area (Å²) in [6.45, 7) is 3.18. The maximum absolute atomic E-state index is 14.1. The lowest BCUT2D eigenvalue weighted by atomic mass is 10.2. The van der Waals surface area contributed by atoms with Gasteiger partial charge in [0.15, 0.2) is 0 Å². The van der Waals surface area contributed by atoms with Crippen LogP contribution in [0.3, 0.4) is 0 Å². The highest BCUT2D eigenvalue weighted by molar-refractivity contribution is 5.35. The second-order valence-corrected chi connectivity index (χ2v) is 5.00. The molecule has 0 fully saturated rings. The van der Waals surface area contributed by atoms with E-state index in [-0.39, 0.29) is 5.82 Å². The zero-order valence-electron chi connectivity index (χ0n) is 12.2. The molecule has 5 nitrogen and oxygen atoms in total. The number of aryl methyl sites for hydroxylation is 1. The standard InChI is InChI=1S/C16H16FN5/c1-12-3-2-4-14(21-12)9-18-8-13-5-6-16(15(17)7-13)22-11-19-10-20-22/h2-7,10-11,18H,8-9H2,1H3. The third kappa shape index (κ3) is 3.35. The molecular weight excluding hydrogens is 281 g/mol. The van der Waals surface area contributed by atoms with Crippen molar-refractivity contribution in [2.24, 2.45) is 0 Å². The Labute approximate surface area is 127 Å². The van der Waals surface area contributed by atoms with Crippen molar-refractivity contribution < 1.29 is 4.39 Å². The molecule has 0 unspecified atom stereocenters. The first-order valence-corrected chi connectivity index (χ1v) is 6.99. The minimum atomic E-state index is -0.321. The number of hydrogen-bond donors (Lipinski definition) is 1. The molecule has 0 saturated heterocycles. The van der Waals surface area contributed by atoms with Gasteiger partial charge in [0.1, 0.15) is 24.2 Å². The maximum atomic E-state index is 14.1. The minimum Gasteiger partial charge on any atom is -0.307 e. The highest BCUT2D eigenvalue weighted by Gasteiger charge is 2.06. The predicted octanol–water partition coefficient (Wildman–Crippen LogP) is 2.40. The lowest BCUT2D eigenvalue weighted by Gasteiger charge is -2.08. The molecule has 3 aromatic rings. The van der Waals surface area contributed by atoms with Crippen LogP contribution in [-0.2, 0) is 13.1 Å². The van der Waals surface area contributed by atoms with Gasteiger partial charge in [-0.2, -0.15) is 5.10 Å². The molecule has 0 saturated carbocycles. The number of nitrogens with zero attached hydrogens (tertiary/aromatic N) is 4. The maximum Gasteiger partial charge on any atom is 0.149 e. The first kappa shape index (κ1) is 14.3. The van der Waals surface area contributed by atoms with Gasteiger partial charge in [0.2, 0.25) is 0 Å². The second kappa shape index (κ2) is 6.44. The van der Waals surface area contributed by atoms with E-state index >= 15 is 0 Å². The molecule has 0 atom stereocenters. The fourth-order valence-corrected chi connectivity index (χ4v) is 2.21. The van der Waals surface area contributed by atoms with Crippen molar-refractivity contribution in [3.05, 3.63) is 71.8 Å². The van der Waals surface area contributed by atoms with Crippen LogP contribution in [0.1, 0.15) is 17.0 Å². The molecule has 6 heteroatoms. The van der Waals surface area contributed by atoms with Gasteiger partial charge in [0.25, 0.3) is 0 Å². The molecule has 0 bridgehead atoms. The average Bonchev–Trinajstić information content (AvgIpc) is 3.01.